The largest absolute Gasteiger partial charge is 0.411 e. The van der Waals surface area contributed by atoms with Gasteiger partial charge in [0.15, 0.2) is 8.32 Å². The first-order valence-corrected chi connectivity index (χ1v) is 12.2. The van der Waals surface area contributed by atoms with Crippen molar-refractivity contribution in [1.29, 1.82) is 0 Å². The van der Waals surface area contributed by atoms with Gasteiger partial charge in [0.25, 0.3) is 0 Å². The number of urea groups is 1. The maximum absolute atomic E-state index is 12.4. The maximum Gasteiger partial charge on any atom is 0.345 e. The van der Waals surface area contributed by atoms with E-state index in [1.165, 1.54) is 5.06 Å². The lowest BCUT2D eigenvalue weighted by atomic mass is 10.2. The van der Waals surface area contributed by atoms with Gasteiger partial charge in [-0.1, -0.05) is 26.8 Å². The highest BCUT2D eigenvalue weighted by molar-refractivity contribution is 6.74. The van der Waals surface area contributed by atoms with Crippen molar-refractivity contribution in [3.63, 3.8) is 0 Å². The number of fused-ring (bicyclic) bond motifs is 2. The Balaban J connectivity index is 1.68. The van der Waals surface area contributed by atoms with Crippen molar-refractivity contribution in [1.82, 2.24) is 19.7 Å². The van der Waals surface area contributed by atoms with Gasteiger partial charge in [-0.15, -0.1) is 6.58 Å². The molecule has 2 aliphatic rings. The average Bonchev–Trinajstić information content (AvgIpc) is 3.15. The van der Waals surface area contributed by atoms with Crippen molar-refractivity contribution < 1.29 is 14.1 Å². The molecule has 0 aromatic carbocycles. The summed E-state index contributed by atoms with van der Waals surface area (Å²) in [6.45, 7) is 16.8. The molecule has 0 saturated carbocycles. The molecule has 7 nitrogen and oxygen atoms in total. The van der Waals surface area contributed by atoms with E-state index in [9.17, 15) is 4.79 Å². The lowest BCUT2D eigenvalue weighted by Crippen LogP contribution is -2.40. The molecule has 2 aliphatic heterocycles. The second kappa shape index (κ2) is 7.25. The van der Waals surface area contributed by atoms with Crippen LogP contribution in [-0.4, -0.2) is 59.8 Å². The summed E-state index contributed by atoms with van der Waals surface area (Å²) in [6.07, 6.45) is 5.62. The number of hydrogen-bond donors (Lipinski definition) is 0. The highest BCUT2D eigenvalue weighted by atomic mass is 28.4. The summed E-state index contributed by atoms with van der Waals surface area (Å²) < 4.78 is 8.10. The molecule has 0 aliphatic carbocycles. The number of nitrogens with zero attached hydrogens (tertiary/aromatic N) is 4. The minimum atomic E-state index is -1.81. The van der Waals surface area contributed by atoms with Crippen LogP contribution in [-0.2, 0) is 15.9 Å². The lowest BCUT2D eigenvalue weighted by Gasteiger charge is -2.35. The molecule has 2 amide bonds. The summed E-state index contributed by atoms with van der Waals surface area (Å²) in [7, 11) is -1.81. The fraction of sp³-hybridized carbons (Fsp3) is 0.579. The van der Waals surface area contributed by atoms with E-state index >= 15 is 0 Å². The molecule has 0 N–H and O–H groups in total. The van der Waals surface area contributed by atoms with Crippen LogP contribution in [0.3, 0.4) is 0 Å². The fourth-order valence-corrected chi connectivity index (χ4v) is 3.83. The predicted molar refractivity (Wildman–Crippen MR) is 107 cm³/mol. The first kappa shape index (κ1) is 19.8. The van der Waals surface area contributed by atoms with E-state index in [2.05, 4.69) is 51.6 Å². The van der Waals surface area contributed by atoms with Crippen molar-refractivity contribution in [3.05, 3.63) is 36.7 Å². The van der Waals surface area contributed by atoms with Gasteiger partial charge in [-0.3, -0.25) is 4.84 Å². The first-order valence-electron chi connectivity index (χ1n) is 9.34. The van der Waals surface area contributed by atoms with Crippen LogP contribution >= 0.6 is 0 Å². The van der Waals surface area contributed by atoms with E-state index in [1.807, 2.05) is 16.9 Å². The van der Waals surface area contributed by atoms with Crippen molar-refractivity contribution in [2.75, 3.05) is 19.7 Å². The van der Waals surface area contributed by atoms with E-state index in [1.54, 1.807) is 11.0 Å². The molecule has 0 radical (unpaired) electrons. The van der Waals surface area contributed by atoms with Crippen molar-refractivity contribution in [3.8, 4) is 0 Å². The Hall–Kier alpha value is -1.90. The summed E-state index contributed by atoms with van der Waals surface area (Å²) in [6, 6.07) is 1.77. The van der Waals surface area contributed by atoms with Crippen molar-refractivity contribution in [2.45, 2.75) is 51.6 Å². The highest BCUT2D eigenvalue weighted by Crippen LogP contribution is 2.37. The molecule has 1 fully saturated rings. The van der Waals surface area contributed by atoms with Crippen LogP contribution in [0.1, 0.15) is 26.5 Å². The van der Waals surface area contributed by atoms with E-state index in [0.29, 0.717) is 26.3 Å². The fourth-order valence-electron chi connectivity index (χ4n) is 2.88. The molecule has 27 heavy (non-hydrogen) atoms. The van der Waals surface area contributed by atoms with Gasteiger partial charge in [-0.25, -0.2) is 9.48 Å². The van der Waals surface area contributed by atoms with Crippen LogP contribution in [0.2, 0.25) is 18.1 Å². The minimum Gasteiger partial charge on any atom is -0.411 e. The molecule has 0 spiro atoms. The third kappa shape index (κ3) is 4.02. The summed E-state index contributed by atoms with van der Waals surface area (Å²) in [4.78, 5) is 19.7. The Bertz CT molecular complexity index is 750. The standard InChI is InChI=1S/C19H30N4O3Si/c1-7-10-25-23-17-11-16(12-21(13-17)18(23)24)22-9-8-15(20-22)14-26-27(5,6)19(2,3)4/h7-9,11,17H,1,10,12-14H2,2-6H3. The van der Waals surface area contributed by atoms with Gasteiger partial charge in [0.05, 0.1) is 37.2 Å². The third-order valence-corrected chi connectivity index (χ3v) is 10.0. The Morgan fingerprint density at radius 3 is 2.81 bits per heavy atom. The number of rotatable bonds is 7. The van der Waals surface area contributed by atoms with Crippen LogP contribution in [0.5, 0.6) is 0 Å². The first-order chi connectivity index (χ1) is 12.6. The van der Waals surface area contributed by atoms with Gasteiger partial charge >= 0.3 is 6.03 Å². The topological polar surface area (TPSA) is 59.8 Å². The SMILES string of the molecule is C=CCON1C(=O)N2CC(n3ccc(CO[Si](C)(C)C(C)(C)C)n3)=CC1C2. The lowest BCUT2D eigenvalue weighted by molar-refractivity contribution is -0.107. The van der Waals surface area contributed by atoms with Crippen LogP contribution < -0.4 is 0 Å². The molecular weight excluding hydrogens is 360 g/mol. The van der Waals surface area contributed by atoms with E-state index in [-0.39, 0.29) is 17.1 Å². The quantitative estimate of drug-likeness (QED) is 0.528. The van der Waals surface area contributed by atoms with Crippen LogP contribution in [0.25, 0.3) is 5.70 Å². The summed E-state index contributed by atoms with van der Waals surface area (Å²) in [5.74, 6) is 0. The molecule has 148 valence electrons. The second-order valence-electron chi connectivity index (χ2n) is 8.60. The van der Waals surface area contributed by atoms with Crippen LogP contribution in [0.15, 0.2) is 31.0 Å². The molecule has 2 bridgehead atoms. The van der Waals surface area contributed by atoms with Gasteiger partial charge in [0.2, 0.25) is 0 Å². The number of hydrogen-bond acceptors (Lipinski definition) is 4. The summed E-state index contributed by atoms with van der Waals surface area (Å²) in [5, 5.41) is 6.26. The molecule has 3 heterocycles. The molecule has 8 heteroatoms. The monoisotopic (exact) mass is 390 g/mol. The minimum absolute atomic E-state index is 0.0997. The average molecular weight is 391 g/mol. The Kier molecular flexibility index (Phi) is 5.33. The van der Waals surface area contributed by atoms with Crippen molar-refractivity contribution >= 4 is 20.0 Å². The number of carbonyl (C=O) groups excluding carboxylic acids is 1. The van der Waals surface area contributed by atoms with Gasteiger partial charge in [-0.2, -0.15) is 10.2 Å². The second-order valence-corrected chi connectivity index (χ2v) is 13.4. The predicted octanol–water partition coefficient (Wildman–Crippen LogP) is 3.48. The van der Waals surface area contributed by atoms with Gasteiger partial charge in [-0.05, 0) is 30.3 Å². The number of aromatic nitrogens is 2. The number of hydroxylamine groups is 2. The molecular formula is C19H30N4O3Si. The highest BCUT2D eigenvalue weighted by Gasteiger charge is 2.41. The van der Waals surface area contributed by atoms with E-state index in [4.69, 9.17) is 9.26 Å². The molecule has 1 atom stereocenters. The Morgan fingerprint density at radius 2 is 2.15 bits per heavy atom. The molecule has 1 aromatic heterocycles. The Labute approximate surface area is 162 Å². The van der Waals surface area contributed by atoms with Gasteiger partial charge < -0.3 is 9.33 Å². The van der Waals surface area contributed by atoms with Crippen LogP contribution in [0, 0.1) is 0 Å². The number of carbonyl (C=O) groups is 1. The number of amides is 2. The normalized spacial score (nSPS) is 20.3. The molecule has 3 rings (SSSR count). The Morgan fingerprint density at radius 1 is 1.41 bits per heavy atom. The zero-order chi connectivity index (χ0) is 19.8. The maximum atomic E-state index is 12.4. The van der Waals surface area contributed by atoms with E-state index in [0.717, 1.165) is 11.4 Å². The smallest absolute Gasteiger partial charge is 0.345 e. The summed E-state index contributed by atoms with van der Waals surface area (Å²) >= 11 is 0. The zero-order valence-electron chi connectivity index (χ0n) is 16.9. The van der Waals surface area contributed by atoms with E-state index < -0.39 is 8.32 Å². The molecule has 1 saturated heterocycles. The zero-order valence-corrected chi connectivity index (χ0v) is 17.9. The molecule has 1 unspecified atom stereocenters. The third-order valence-electron chi connectivity index (χ3n) is 5.56. The molecule has 1 aromatic rings. The van der Waals surface area contributed by atoms with Gasteiger partial charge in [0.1, 0.15) is 0 Å². The van der Waals surface area contributed by atoms with Crippen molar-refractivity contribution in [2.24, 2.45) is 0 Å². The van der Waals surface area contributed by atoms with Crippen LogP contribution in [0.4, 0.5) is 4.79 Å². The van der Waals surface area contributed by atoms with Gasteiger partial charge in [0, 0.05) is 12.7 Å². The summed E-state index contributed by atoms with van der Waals surface area (Å²) in [5.41, 5.74) is 1.88.